The van der Waals surface area contributed by atoms with E-state index >= 15 is 0 Å². The Morgan fingerprint density at radius 1 is 1.03 bits per heavy atom. The first kappa shape index (κ1) is 24.4. The van der Waals surface area contributed by atoms with Gasteiger partial charge >= 0.3 is 12.1 Å². The zero-order valence-corrected chi connectivity index (χ0v) is 21.0. The van der Waals surface area contributed by atoms with E-state index in [4.69, 9.17) is 18.9 Å². The lowest BCUT2D eigenvalue weighted by molar-refractivity contribution is -0.127. The summed E-state index contributed by atoms with van der Waals surface area (Å²) in [4.78, 5) is 27.4. The fraction of sp³-hybridized carbons (Fsp3) is 0.357. The van der Waals surface area contributed by atoms with Crippen LogP contribution in [0.5, 0.6) is 11.5 Å². The van der Waals surface area contributed by atoms with Crippen LogP contribution in [0.4, 0.5) is 4.79 Å². The number of hydrogen-bond donors (Lipinski definition) is 0. The molecule has 1 aliphatic rings. The molecule has 1 amide bonds. The molecule has 0 saturated carbocycles. The van der Waals surface area contributed by atoms with Crippen molar-refractivity contribution in [2.45, 2.75) is 59.2 Å². The minimum atomic E-state index is -1.10. The summed E-state index contributed by atoms with van der Waals surface area (Å²) >= 11 is 0. The number of hydrogen-bond acceptors (Lipinski definition) is 6. The predicted octanol–water partition coefficient (Wildman–Crippen LogP) is 6.07. The maximum Gasteiger partial charge on any atom is 0.410 e. The van der Waals surface area contributed by atoms with Crippen LogP contribution in [0.1, 0.15) is 56.1 Å². The van der Waals surface area contributed by atoms with Gasteiger partial charge in [0.2, 0.25) is 5.79 Å². The number of ether oxygens (including phenoxy) is 4. The number of nitrogens with zero attached hydrogens (tertiary/aromatic N) is 1. The van der Waals surface area contributed by atoms with Gasteiger partial charge in [0, 0.05) is 31.8 Å². The van der Waals surface area contributed by atoms with Crippen LogP contribution in [0.15, 0.2) is 54.6 Å². The molecule has 3 aromatic rings. The molecule has 0 radical (unpaired) electrons. The molecule has 3 aromatic carbocycles. The Bertz CT molecular complexity index is 1260. The highest BCUT2D eigenvalue weighted by Crippen LogP contribution is 2.41. The SMILES string of the molecule is CN(Cc1c2c(cc3cccc(OCc4ccccc4)c13)OC(C)(C)OC2=O)C(=O)OC(C)(C)C. The van der Waals surface area contributed by atoms with E-state index in [0.717, 1.165) is 16.3 Å². The van der Waals surface area contributed by atoms with Gasteiger partial charge in [-0.1, -0.05) is 42.5 Å². The van der Waals surface area contributed by atoms with Crippen LogP contribution in [0.3, 0.4) is 0 Å². The van der Waals surface area contributed by atoms with Crippen molar-refractivity contribution in [3.63, 3.8) is 0 Å². The molecule has 1 aliphatic heterocycles. The number of carbonyl (C=O) groups is 2. The molecule has 0 spiro atoms. The van der Waals surface area contributed by atoms with Gasteiger partial charge in [-0.2, -0.15) is 0 Å². The molecule has 0 fully saturated rings. The molecule has 0 aromatic heterocycles. The van der Waals surface area contributed by atoms with Gasteiger partial charge in [0.15, 0.2) is 0 Å². The number of benzene rings is 3. The molecule has 4 rings (SSSR count). The van der Waals surface area contributed by atoms with E-state index in [9.17, 15) is 9.59 Å². The lowest BCUT2D eigenvalue weighted by Gasteiger charge is -2.34. The summed E-state index contributed by atoms with van der Waals surface area (Å²) < 4.78 is 23.3. The second-order valence-electron chi connectivity index (χ2n) is 10.1. The zero-order chi connectivity index (χ0) is 25.4. The maximum absolute atomic E-state index is 13.2. The summed E-state index contributed by atoms with van der Waals surface area (Å²) in [6, 6.07) is 17.3. The highest BCUT2D eigenvalue weighted by molar-refractivity contribution is 6.04. The van der Waals surface area contributed by atoms with Crippen molar-refractivity contribution in [2.24, 2.45) is 0 Å². The average Bonchev–Trinajstić information content (AvgIpc) is 2.75. The maximum atomic E-state index is 13.2. The summed E-state index contributed by atoms with van der Waals surface area (Å²) in [5, 5.41) is 1.55. The van der Waals surface area contributed by atoms with Crippen LogP contribution in [-0.2, 0) is 22.6 Å². The van der Waals surface area contributed by atoms with Crippen molar-refractivity contribution in [1.82, 2.24) is 4.90 Å². The molecule has 1 heterocycles. The number of amides is 1. The minimum Gasteiger partial charge on any atom is -0.488 e. The van der Waals surface area contributed by atoms with E-state index in [0.29, 0.717) is 23.7 Å². The smallest absolute Gasteiger partial charge is 0.410 e. The van der Waals surface area contributed by atoms with Crippen LogP contribution in [0, 0.1) is 0 Å². The predicted molar refractivity (Wildman–Crippen MR) is 133 cm³/mol. The van der Waals surface area contributed by atoms with Gasteiger partial charge in [-0.15, -0.1) is 0 Å². The van der Waals surface area contributed by atoms with Crippen molar-refractivity contribution in [2.75, 3.05) is 7.05 Å². The largest absolute Gasteiger partial charge is 0.488 e. The van der Waals surface area contributed by atoms with E-state index in [-0.39, 0.29) is 12.1 Å². The summed E-state index contributed by atoms with van der Waals surface area (Å²) in [5.74, 6) is -0.609. The quantitative estimate of drug-likeness (QED) is 0.415. The molecule has 0 saturated heterocycles. The number of cyclic esters (lactones) is 1. The second-order valence-corrected chi connectivity index (χ2v) is 10.1. The van der Waals surface area contributed by atoms with Crippen LogP contribution in [0.2, 0.25) is 0 Å². The van der Waals surface area contributed by atoms with Gasteiger partial charge < -0.3 is 23.8 Å². The molecule has 35 heavy (non-hydrogen) atoms. The Kier molecular flexibility index (Phi) is 6.36. The van der Waals surface area contributed by atoms with Crippen LogP contribution in [-0.4, -0.2) is 35.4 Å². The molecule has 0 aliphatic carbocycles. The van der Waals surface area contributed by atoms with Gasteiger partial charge in [0.1, 0.15) is 29.3 Å². The first-order valence-electron chi connectivity index (χ1n) is 11.6. The van der Waals surface area contributed by atoms with Gasteiger partial charge in [-0.05, 0) is 43.9 Å². The Morgan fingerprint density at radius 2 is 1.74 bits per heavy atom. The van der Waals surface area contributed by atoms with Crippen molar-refractivity contribution in [3.05, 3.63) is 71.3 Å². The third kappa shape index (κ3) is 5.50. The Labute approximate surface area is 205 Å². The average molecular weight is 478 g/mol. The second kappa shape index (κ2) is 9.13. The van der Waals surface area contributed by atoms with Gasteiger partial charge in [-0.25, -0.2) is 9.59 Å². The minimum absolute atomic E-state index is 0.0964. The highest BCUT2D eigenvalue weighted by atomic mass is 16.7. The standard InChI is InChI=1S/C28H31NO6/c1-27(2,3)35-26(31)29(6)16-20-23-19(15-22-24(20)25(30)34-28(4,5)33-22)13-10-14-21(23)32-17-18-11-8-7-9-12-18/h7-15H,16-17H2,1-6H3. The van der Waals surface area contributed by atoms with E-state index < -0.39 is 23.5 Å². The summed E-state index contributed by atoms with van der Waals surface area (Å²) in [6.45, 7) is 9.24. The third-order valence-electron chi connectivity index (χ3n) is 5.43. The fourth-order valence-corrected chi connectivity index (χ4v) is 4.00. The van der Waals surface area contributed by atoms with Gasteiger partial charge in [-0.3, -0.25) is 0 Å². The number of carbonyl (C=O) groups excluding carboxylic acids is 2. The summed E-state index contributed by atoms with van der Waals surface area (Å²) in [5.41, 5.74) is 1.22. The van der Waals surface area contributed by atoms with Crippen LogP contribution < -0.4 is 9.47 Å². The molecular weight excluding hydrogens is 446 g/mol. The van der Waals surface area contributed by atoms with Crippen LogP contribution >= 0.6 is 0 Å². The lowest BCUT2D eigenvalue weighted by Crippen LogP contribution is -2.40. The van der Waals surface area contributed by atoms with Crippen molar-refractivity contribution >= 4 is 22.8 Å². The Morgan fingerprint density at radius 3 is 2.43 bits per heavy atom. The van der Waals surface area contributed by atoms with E-state index in [1.807, 2.05) is 54.6 Å². The summed E-state index contributed by atoms with van der Waals surface area (Å²) in [7, 11) is 1.63. The zero-order valence-electron chi connectivity index (χ0n) is 21.0. The number of esters is 1. The number of fused-ring (bicyclic) bond motifs is 2. The summed E-state index contributed by atoms with van der Waals surface area (Å²) in [6.07, 6.45) is -0.503. The third-order valence-corrected chi connectivity index (χ3v) is 5.43. The van der Waals surface area contributed by atoms with Crippen molar-refractivity contribution < 1.29 is 28.5 Å². The first-order valence-corrected chi connectivity index (χ1v) is 11.6. The molecular formula is C28H31NO6. The van der Waals surface area contributed by atoms with E-state index in [1.54, 1.807) is 41.7 Å². The van der Waals surface area contributed by atoms with E-state index in [1.165, 1.54) is 4.90 Å². The van der Waals surface area contributed by atoms with E-state index in [2.05, 4.69) is 0 Å². The first-order chi connectivity index (χ1) is 16.4. The Balaban J connectivity index is 1.82. The molecule has 184 valence electrons. The normalized spacial score (nSPS) is 14.5. The highest BCUT2D eigenvalue weighted by Gasteiger charge is 2.37. The van der Waals surface area contributed by atoms with Gasteiger partial charge in [0.05, 0.1) is 6.54 Å². The fourth-order valence-electron chi connectivity index (χ4n) is 4.00. The molecule has 7 nitrogen and oxygen atoms in total. The lowest BCUT2D eigenvalue weighted by atomic mass is 9.95. The van der Waals surface area contributed by atoms with Gasteiger partial charge in [0.25, 0.3) is 0 Å². The molecule has 0 N–H and O–H groups in total. The Hall–Kier alpha value is -3.74. The van der Waals surface area contributed by atoms with Crippen molar-refractivity contribution in [1.29, 1.82) is 0 Å². The topological polar surface area (TPSA) is 74.3 Å². The molecule has 0 unspecified atom stereocenters. The molecule has 0 bridgehead atoms. The number of rotatable bonds is 5. The van der Waals surface area contributed by atoms with Crippen molar-refractivity contribution in [3.8, 4) is 11.5 Å². The molecule has 0 atom stereocenters. The monoisotopic (exact) mass is 477 g/mol. The van der Waals surface area contributed by atoms with Crippen LogP contribution in [0.25, 0.3) is 10.8 Å². The molecule has 7 heteroatoms.